The standard InChI is InChI=1S/C21H23N5O/c1-4-6-8-14-11-16-15-9-7-10-22-21(15)24-19(16)20(26(14)18(27)5-2)17-12-25(3)13-23-17/h2,7,9-10,12-14,20H,4,6,8,11H2,1,3H3,(H,22,24)/t14-,20-/m0/s1. The van der Waals surface area contributed by atoms with Crippen molar-refractivity contribution >= 4 is 16.9 Å². The number of amides is 1. The van der Waals surface area contributed by atoms with Gasteiger partial charge in [0.05, 0.1) is 12.0 Å². The van der Waals surface area contributed by atoms with Gasteiger partial charge in [0.1, 0.15) is 11.7 Å². The number of nitrogens with zero attached hydrogens (tertiary/aromatic N) is 4. The summed E-state index contributed by atoms with van der Waals surface area (Å²) in [6.07, 6.45) is 14.8. The first-order chi connectivity index (χ1) is 13.1. The number of carbonyl (C=O) groups excluding carboxylic acids is 1. The smallest absolute Gasteiger partial charge is 0.299 e. The maximum absolute atomic E-state index is 12.8. The van der Waals surface area contributed by atoms with Crippen molar-refractivity contribution in [3.8, 4) is 12.3 Å². The van der Waals surface area contributed by atoms with E-state index in [0.29, 0.717) is 0 Å². The Bertz CT molecular complexity index is 1020. The van der Waals surface area contributed by atoms with E-state index in [0.717, 1.165) is 48.1 Å². The van der Waals surface area contributed by atoms with Crippen LogP contribution < -0.4 is 0 Å². The second kappa shape index (κ2) is 6.92. The Morgan fingerprint density at radius 3 is 3.00 bits per heavy atom. The highest BCUT2D eigenvalue weighted by Gasteiger charge is 2.40. The van der Waals surface area contributed by atoms with E-state index in [4.69, 9.17) is 6.42 Å². The number of nitrogens with one attached hydrogen (secondary N) is 1. The number of fused-ring (bicyclic) bond motifs is 3. The van der Waals surface area contributed by atoms with Crippen LogP contribution in [0, 0.1) is 12.3 Å². The molecule has 3 aromatic rings. The molecule has 27 heavy (non-hydrogen) atoms. The highest BCUT2D eigenvalue weighted by Crippen LogP contribution is 2.41. The van der Waals surface area contributed by atoms with E-state index in [2.05, 4.69) is 33.9 Å². The highest BCUT2D eigenvalue weighted by atomic mass is 16.2. The molecule has 0 saturated carbocycles. The lowest BCUT2D eigenvalue weighted by molar-refractivity contribution is -0.130. The van der Waals surface area contributed by atoms with E-state index in [1.165, 1.54) is 5.56 Å². The first-order valence-electron chi connectivity index (χ1n) is 9.36. The summed E-state index contributed by atoms with van der Waals surface area (Å²) in [4.78, 5) is 27.1. The van der Waals surface area contributed by atoms with Crippen LogP contribution in [0.4, 0.5) is 0 Å². The molecule has 4 rings (SSSR count). The zero-order valence-corrected chi connectivity index (χ0v) is 15.6. The van der Waals surface area contributed by atoms with Crippen LogP contribution >= 0.6 is 0 Å². The molecule has 0 aromatic carbocycles. The molecule has 2 atom stereocenters. The highest BCUT2D eigenvalue weighted by molar-refractivity contribution is 5.94. The Labute approximate surface area is 158 Å². The van der Waals surface area contributed by atoms with Crippen molar-refractivity contribution < 1.29 is 4.79 Å². The van der Waals surface area contributed by atoms with Crippen LogP contribution in [0.15, 0.2) is 30.9 Å². The van der Waals surface area contributed by atoms with Gasteiger partial charge in [-0.05, 0) is 36.5 Å². The first-order valence-corrected chi connectivity index (χ1v) is 9.36. The second-order valence-corrected chi connectivity index (χ2v) is 7.14. The minimum Gasteiger partial charge on any atom is -0.341 e. The lowest BCUT2D eigenvalue weighted by Gasteiger charge is -2.40. The quantitative estimate of drug-likeness (QED) is 0.727. The fourth-order valence-corrected chi connectivity index (χ4v) is 4.14. The number of imidazole rings is 1. The Hall–Kier alpha value is -3.07. The number of hydrogen-bond donors (Lipinski definition) is 1. The van der Waals surface area contributed by atoms with Gasteiger partial charge in [0, 0.05) is 36.6 Å². The van der Waals surface area contributed by atoms with Crippen molar-refractivity contribution in [2.45, 2.75) is 44.7 Å². The third kappa shape index (κ3) is 2.89. The number of carbonyl (C=O) groups is 1. The minimum absolute atomic E-state index is 0.0483. The summed E-state index contributed by atoms with van der Waals surface area (Å²) in [6.45, 7) is 2.16. The summed E-state index contributed by atoms with van der Waals surface area (Å²) >= 11 is 0. The minimum atomic E-state index is -0.324. The lowest BCUT2D eigenvalue weighted by Crippen LogP contribution is -2.47. The van der Waals surface area contributed by atoms with Crippen LogP contribution in [0.2, 0.25) is 0 Å². The van der Waals surface area contributed by atoms with E-state index < -0.39 is 0 Å². The Morgan fingerprint density at radius 2 is 2.30 bits per heavy atom. The van der Waals surface area contributed by atoms with Crippen LogP contribution in [-0.2, 0) is 18.3 Å². The Balaban J connectivity index is 1.92. The Morgan fingerprint density at radius 1 is 1.44 bits per heavy atom. The second-order valence-electron chi connectivity index (χ2n) is 7.14. The molecule has 3 aromatic heterocycles. The van der Waals surface area contributed by atoms with Crippen molar-refractivity contribution in [3.63, 3.8) is 0 Å². The van der Waals surface area contributed by atoms with Crippen LogP contribution in [0.1, 0.15) is 49.2 Å². The fraction of sp³-hybridized carbons (Fsp3) is 0.381. The van der Waals surface area contributed by atoms with Gasteiger partial charge in [-0.15, -0.1) is 6.42 Å². The zero-order chi connectivity index (χ0) is 19.0. The number of terminal acetylenes is 1. The molecule has 138 valence electrons. The van der Waals surface area contributed by atoms with Crippen LogP contribution in [0.5, 0.6) is 0 Å². The normalized spacial score (nSPS) is 19.1. The van der Waals surface area contributed by atoms with Gasteiger partial charge in [0.25, 0.3) is 5.91 Å². The Kier molecular flexibility index (Phi) is 4.44. The molecule has 0 fully saturated rings. The summed E-state index contributed by atoms with van der Waals surface area (Å²) in [5.41, 5.74) is 3.84. The zero-order valence-electron chi connectivity index (χ0n) is 15.6. The van der Waals surface area contributed by atoms with Crippen molar-refractivity contribution in [2.24, 2.45) is 7.05 Å². The molecular formula is C21H23N5O. The van der Waals surface area contributed by atoms with Gasteiger partial charge in [-0.25, -0.2) is 9.97 Å². The number of hydrogen-bond acceptors (Lipinski definition) is 3. The molecular weight excluding hydrogens is 338 g/mol. The predicted molar refractivity (Wildman–Crippen MR) is 104 cm³/mol. The van der Waals surface area contributed by atoms with Crippen LogP contribution in [-0.4, -0.2) is 36.4 Å². The molecule has 0 bridgehead atoms. The fourth-order valence-electron chi connectivity index (χ4n) is 4.14. The van der Waals surface area contributed by atoms with Gasteiger partial charge in [-0.3, -0.25) is 4.79 Å². The molecule has 1 aliphatic rings. The van der Waals surface area contributed by atoms with Crippen molar-refractivity contribution in [1.82, 2.24) is 24.4 Å². The number of pyridine rings is 1. The monoisotopic (exact) mass is 361 g/mol. The number of H-pyrrole nitrogens is 1. The maximum atomic E-state index is 12.8. The van der Waals surface area contributed by atoms with Gasteiger partial charge in [-0.1, -0.05) is 19.8 Å². The van der Waals surface area contributed by atoms with Gasteiger partial charge in [-0.2, -0.15) is 0 Å². The summed E-state index contributed by atoms with van der Waals surface area (Å²) in [7, 11) is 1.93. The van der Waals surface area contributed by atoms with E-state index in [-0.39, 0.29) is 18.0 Å². The van der Waals surface area contributed by atoms with E-state index in [9.17, 15) is 4.79 Å². The van der Waals surface area contributed by atoms with Crippen molar-refractivity contribution in [2.75, 3.05) is 0 Å². The molecule has 0 spiro atoms. The van der Waals surface area contributed by atoms with Gasteiger partial charge in [0.15, 0.2) is 0 Å². The average Bonchev–Trinajstić information content (AvgIpc) is 3.27. The van der Waals surface area contributed by atoms with E-state index in [1.807, 2.05) is 28.8 Å². The molecule has 1 aliphatic heterocycles. The number of aromatic nitrogens is 4. The summed E-state index contributed by atoms with van der Waals surface area (Å²) in [5, 5.41) is 1.11. The number of aromatic amines is 1. The van der Waals surface area contributed by atoms with Gasteiger partial charge in [0.2, 0.25) is 0 Å². The summed E-state index contributed by atoms with van der Waals surface area (Å²) in [6, 6.07) is 3.76. The number of rotatable bonds is 4. The van der Waals surface area contributed by atoms with Gasteiger partial charge < -0.3 is 14.5 Å². The maximum Gasteiger partial charge on any atom is 0.299 e. The first kappa shape index (κ1) is 17.3. The molecule has 0 radical (unpaired) electrons. The molecule has 6 heteroatoms. The largest absolute Gasteiger partial charge is 0.341 e. The summed E-state index contributed by atoms with van der Waals surface area (Å²) < 4.78 is 1.89. The predicted octanol–water partition coefficient (Wildman–Crippen LogP) is 2.96. The number of aryl methyl sites for hydroxylation is 1. The van der Waals surface area contributed by atoms with E-state index >= 15 is 0 Å². The van der Waals surface area contributed by atoms with Crippen molar-refractivity contribution in [3.05, 3.63) is 47.8 Å². The molecule has 0 saturated heterocycles. The molecule has 4 heterocycles. The summed E-state index contributed by atoms with van der Waals surface area (Å²) in [5.74, 6) is 2.05. The van der Waals surface area contributed by atoms with Crippen LogP contribution in [0.25, 0.3) is 11.0 Å². The third-order valence-electron chi connectivity index (χ3n) is 5.35. The third-order valence-corrected chi connectivity index (χ3v) is 5.35. The SMILES string of the molecule is C#CC(=O)N1[C@@H](CCCC)Cc2c([nH]c3ncccc23)[C@@H]1c1cn(C)cn1. The molecule has 1 amide bonds. The van der Waals surface area contributed by atoms with Crippen molar-refractivity contribution in [1.29, 1.82) is 0 Å². The molecule has 1 N–H and O–H groups in total. The van der Waals surface area contributed by atoms with Gasteiger partial charge >= 0.3 is 0 Å². The van der Waals surface area contributed by atoms with Crippen LogP contribution in [0.3, 0.4) is 0 Å². The average molecular weight is 361 g/mol. The molecule has 6 nitrogen and oxygen atoms in total. The lowest BCUT2D eigenvalue weighted by atomic mass is 9.88. The molecule has 0 unspecified atom stereocenters. The van der Waals surface area contributed by atoms with E-state index in [1.54, 1.807) is 12.5 Å². The topological polar surface area (TPSA) is 66.8 Å². The molecule has 0 aliphatic carbocycles. The number of unbranched alkanes of at least 4 members (excludes halogenated alkanes) is 1.